The highest BCUT2D eigenvalue weighted by Gasteiger charge is 2.58. The van der Waals surface area contributed by atoms with Gasteiger partial charge in [-0.1, -0.05) is 58.0 Å². The van der Waals surface area contributed by atoms with Gasteiger partial charge in [-0.05, 0) is 96.9 Å². The first-order valence-electron chi connectivity index (χ1n) is 14.2. The lowest BCUT2D eigenvalue weighted by atomic mass is 9.46. The number of nitrogens with zero attached hydrogens (tertiary/aromatic N) is 2. The van der Waals surface area contributed by atoms with Crippen LogP contribution < -0.4 is 9.80 Å². The molecule has 5 aliphatic rings. The van der Waals surface area contributed by atoms with E-state index in [1.165, 1.54) is 65.7 Å². The average Bonchev–Trinajstić information content (AvgIpc) is 3.31. The Morgan fingerprint density at radius 2 is 1.49 bits per heavy atom. The normalized spacial score (nSPS) is 31.9. The molecule has 188 valence electrons. The maximum Gasteiger partial charge on any atom is 0.0904 e. The lowest BCUT2D eigenvalue weighted by Crippen LogP contribution is -2.58. The van der Waals surface area contributed by atoms with Crippen LogP contribution in [0.25, 0.3) is 0 Å². The second-order valence-electron chi connectivity index (χ2n) is 13.0. The maximum absolute atomic E-state index is 11.7. The first-order chi connectivity index (χ1) is 16.8. The van der Waals surface area contributed by atoms with Gasteiger partial charge in [0.2, 0.25) is 0 Å². The predicted octanol–water partition coefficient (Wildman–Crippen LogP) is 6.96. The van der Waals surface area contributed by atoms with E-state index in [9.17, 15) is 5.11 Å². The van der Waals surface area contributed by atoms with E-state index in [1.807, 2.05) is 0 Å². The number of rotatable bonds is 5. The molecule has 0 amide bonds. The Hall–Kier alpha value is -2.00. The van der Waals surface area contributed by atoms with E-state index < -0.39 is 0 Å². The number of benzene rings is 2. The molecule has 7 rings (SSSR count). The molecule has 3 atom stereocenters. The van der Waals surface area contributed by atoms with Crippen molar-refractivity contribution in [1.82, 2.24) is 0 Å². The molecule has 1 aliphatic heterocycles. The number of aliphatic hydroxyl groups is 1. The van der Waals surface area contributed by atoms with Gasteiger partial charge in [-0.2, -0.15) is 0 Å². The van der Waals surface area contributed by atoms with E-state index in [1.54, 1.807) is 0 Å². The Morgan fingerprint density at radius 1 is 0.857 bits per heavy atom. The standard InChI is InChI=1S/C32H44N2O/c1-20(2)26-7-6-8-27(21(3)4)30(26)34-12-11-33(19-34)29-13-22(5)9-10-28(29)32-17-23-14-24(18-32)16-25(15-23)31(32)35/h6-10,13,20-21,23-25,31,35H,11-12,14-19H2,1-5H3. The average molecular weight is 473 g/mol. The molecule has 2 aromatic carbocycles. The highest BCUT2D eigenvalue weighted by molar-refractivity contribution is 5.67. The molecule has 1 heterocycles. The molecule has 0 spiro atoms. The number of aliphatic hydroxyl groups excluding tert-OH is 1. The van der Waals surface area contributed by atoms with Crippen molar-refractivity contribution in [2.45, 2.75) is 90.1 Å². The lowest BCUT2D eigenvalue weighted by molar-refractivity contribution is -0.113. The monoisotopic (exact) mass is 472 g/mol. The van der Waals surface area contributed by atoms with Gasteiger partial charge in [0.1, 0.15) is 0 Å². The molecule has 5 fully saturated rings. The molecule has 0 radical (unpaired) electrons. The molecule has 0 aromatic heterocycles. The smallest absolute Gasteiger partial charge is 0.0904 e. The molecule has 4 bridgehead atoms. The summed E-state index contributed by atoms with van der Waals surface area (Å²) in [4.78, 5) is 5.25. The third-order valence-electron chi connectivity index (χ3n) is 9.93. The highest BCUT2D eigenvalue weighted by atomic mass is 16.3. The summed E-state index contributed by atoms with van der Waals surface area (Å²) in [5, 5.41) is 11.7. The zero-order chi connectivity index (χ0) is 24.5. The van der Waals surface area contributed by atoms with Crippen molar-refractivity contribution in [3.8, 4) is 0 Å². The maximum atomic E-state index is 11.7. The minimum atomic E-state index is -0.176. The van der Waals surface area contributed by atoms with Gasteiger partial charge in [-0.15, -0.1) is 0 Å². The Labute approximate surface area is 212 Å². The Kier molecular flexibility index (Phi) is 5.71. The molecule has 3 unspecified atom stereocenters. The molecule has 4 saturated carbocycles. The first kappa shape index (κ1) is 23.4. The van der Waals surface area contributed by atoms with Crippen molar-refractivity contribution in [2.75, 3.05) is 29.6 Å². The number of hydrogen-bond acceptors (Lipinski definition) is 3. The zero-order valence-corrected chi connectivity index (χ0v) is 22.4. The van der Waals surface area contributed by atoms with Crippen molar-refractivity contribution >= 4 is 11.4 Å². The Balaban J connectivity index is 1.38. The SMILES string of the molecule is Cc1ccc(C23CC4CC(CC(C4)C2O)C3)c(N2CCN(c3c(C(C)C)cccc3C(C)C)C2)c1. The van der Waals surface area contributed by atoms with Crippen molar-refractivity contribution in [3.05, 3.63) is 58.7 Å². The van der Waals surface area contributed by atoms with Crippen LogP contribution in [0.15, 0.2) is 36.4 Å². The van der Waals surface area contributed by atoms with Crippen molar-refractivity contribution < 1.29 is 5.11 Å². The lowest BCUT2D eigenvalue weighted by Gasteiger charge is -2.60. The van der Waals surface area contributed by atoms with E-state index in [4.69, 9.17) is 0 Å². The van der Waals surface area contributed by atoms with Gasteiger partial charge in [-0.25, -0.2) is 0 Å². The van der Waals surface area contributed by atoms with Crippen LogP contribution in [-0.2, 0) is 5.41 Å². The quantitative estimate of drug-likeness (QED) is 0.509. The van der Waals surface area contributed by atoms with Crippen LogP contribution in [0.2, 0.25) is 0 Å². The van der Waals surface area contributed by atoms with Gasteiger partial charge < -0.3 is 14.9 Å². The summed E-state index contributed by atoms with van der Waals surface area (Å²) in [5.41, 5.74) is 8.53. The summed E-state index contributed by atoms with van der Waals surface area (Å²) in [6, 6.07) is 14.0. The summed E-state index contributed by atoms with van der Waals surface area (Å²) in [6.45, 7) is 14.6. The van der Waals surface area contributed by atoms with Gasteiger partial charge >= 0.3 is 0 Å². The third-order valence-corrected chi connectivity index (χ3v) is 9.93. The van der Waals surface area contributed by atoms with E-state index in [-0.39, 0.29) is 11.5 Å². The van der Waals surface area contributed by atoms with Gasteiger partial charge in [0.05, 0.1) is 12.8 Å². The minimum Gasteiger partial charge on any atom is -0.392 e. The summed E-state index contributed by atoms with van der Waals surface area (Å²) in [7, 11) is 0. The molecular formula is C32H44N2O. The van der Waals surface area contributed by atoms with Crippen LogP contribution in [-0.4, -0.2) is 31.0 Å². The van der Waals surface area contributed by atoms with Gasteiger partial charge in [-0.3, -0.25) is 0 Å². The number of hydrogen-bond donors (Lipinski definition) is 1. The van der Waals surface area contributed by atoms with Gasteiger partial charge in [0, 0.05) is 29.9 Å². The Bertz CT molecular complexity index is 1060. The van der Waals surface area contributed by atoms with Crippen LogP contribution in [0.5, 0.6) is 0 Å². The highest BCUT2D eigenvalue weighted by Crippen LogP contribution is 2.62. The van der Waals surface area contributed by atoms with E-state index in [2.05, 4.69) is 80.8 Å². The molecule has 3 heteroatoms. The van der Waals surface area contributed by atoms with Gasteiger partial charge in [0.15, 0.2) is 0 Å². The van der Waals surface area contributed by atoms with E-state index in [0.717, 1.165) is 31.6 Å². The molecule has 3 nitrogen and oxygen atoms in total. The van der Waals surface area contributed by atoms with Gasteiger partial charge in [0.25, 0.3) is 0 Å². The minimum absolute atomic E-state index is 0.0376. The van der Waals surface area contributed by atoms with E-state index in [0.29, 0.717) is 17.8 Å². The topological polar surface area (TPSA) is 26.7 Å². The van der Waals surface area contributed by atoms with E-state index >= 15 is 0 Å². The molecule has 1 N–H and O–H groups in total. The molecular weight excluding hydrogens is 428 g/mol. The molecule has 4 aliphatic carbocycles. The fraction of sp³-hybridized carbons (Fsp3) is 0.625. The second kappa shape index (κ2) is 8.54. The summed E-state index contributed by atoms with van der Waals surface area (Å²) >= 11 is 0. The van der Waals surface area contributed by atoms with Crippen LogP contribution in [0.3, 0.4) is 0 Å². The number of anilines is 2. The van der Waals surface area contributed by atoms with Crippen molar-refractivity contribution in [3.63, 3.8) is 0 Å². The predicted molar refractivity (Wildman–Crippen MR) is 147 cm³/mol. The summed E-state index contributed by atoms with van der Waals surface area (Å²) in [5.74, 6) is 3.15. The van der Waals surface area contributed by atoms with Crippen molar-refractivity contribution in [2.24, 2.45) is 17.8 Å². The molecule has 1 saturated heterocycles. The Morgan fingerprint density at radius 3 is 2.11 bits per heavy atom. The van der Waals surface area contributed by atoms with Crippen molar-refractivity contribution in [1.29, 1.82) is 0 Å². The number of aryl methyl sites for hydroxylation is 1. The van der Waals surface area contributed by atoms with Crippen LogP contribution in [0.4, 0.5) is 11.4 Å². The largest absolute Gasteiger partial charge is 0.392 e. The molecule has 35 heavy (non-hydrogen) atoms. The fourth-order valence-corrected chi connectivity index (χ4v) is 8.56. The third kappa shape index (κ3) is 3.72. The second-order valence-corrected chi connectivity index (χ2v) is 13.0. The van der Waals surface area contributed by atoms with Crippen LogP contribution in [0.1, 0.15) is 93.9 Å². The fourth-order valence-electron chi connectivity index (χ4n) is 8.56. The molecule has 2 aromatic rings. The van der Waals surface area contributed by atoms with Crippen LogP contribution in [0, 0.1) is 24.7 Å². The zero-order valence-electron chi connectivity index (χ0n) is 22.4. The summed E-state index contributed by atoms with van der Waals surface area (Å²) in [6.07, 6.45) is 6.09. The summed E-state index contributed by atoms with van der Waals surface area (Å²) < 4.78 is 0. The van der Waals surface area contributed by atoms with Crippen LogP contribution >= 0.6 is 0 Å². The first-order valence-corrected chi connectivity index (χ1v) is 14.2. The number of para-hydroxylation sites is 1.